The number of anilines is 1. The van der Waals surface area contributed by atoms with Crippen LogP contribution in [0.4, 0.5) is 10.2 Å². The van der Waals surface area contributed by atoms with Gasteiger partial charge < -0.3 is 20.1 Å². The van der Waals surface area contributed by atoms with Crippen LogP contribution in [-0.4, -0.2) is 74.9 Å². The summed E-state index contributed by atoms with van der Waals surface area (Å²) in [6.45, 7) is 2.84. The summed E-state index contributed by atoms with van der Waals surface area (Å²) in [7, 11) is 0. The smallest absolute Gasteiger partial charge is 0.319 e. The summed E-state index contributed by atoms with van der Waals surface area (Å²) in [4.78, 5) is 28.1. The van der Waals surface area contributed by atoms with Crippen LogP contribution < -0.4 is 20.5 Å². The number of nitrogens with zero attached hydrogens (tertiary/aromatic N) is 5. The van der Waals surface area contributed by atoms with Crippen molar-refractivity contribution in [3.63, 3.8) is 0 Å². The summed E-state index contributed by atoms with van der Waals surface area (Å²) in [5.41, 5.74) is -0.365. The summed E-state index contributed by atoms with van der Waals surface area (Å²) in [6.07, 6.45) is 7.32. The molecule has 4 saturated heterocycles. The second-order valence-corrected chi connectivity index (χ2v) is 12.5. The molecule has 0 unspecified atom stereocenters. The molecule has 2 aromatic carbocycles. The van der Waals surface area contributed by atoms with Crippen LogP contribution in [-0.2, 0) is 6.42 Å². The van der Waals surface area contributed by atoms with Gasteiger partial charge in [-0.1, -0.05) is 13.0 Å². The first-order valence-corrected chi connectivity index (χ1v) is 15.5. The lowest BCUT2D eigenvalue weighted by molar-refractivity contribution is 0.108. The molecule has 2 bridgehead atoms. The maximum atomic E-state index is 15.0. The Morgan fingerprint density at radius 1 is 1.14 bits per heavy atom. The molecule has 0 saturated carbocycles. The van der Waals surface area contributed by atoms with E-state index >= 15 is 0 Å². The van der Waals surface area contributed by atoms with Gasteiger partial charge in [0.15, 0.2) is 0 Å². The minimum atomic E-state index is -2.07. The largest absolute Gasteiger partial charge is 0.508 e. The maximum absolute atomic E-state index is 15.0. The first kappa shape index (κ1) is 24.7. The molecule has 224 valence electrons. The van der Waals surface area contributed by atoms with Crippen molar-refractivity contribution in [2.45, 2.75) is 69.5 Å². The van der Waals surface area contributed by atoms with Gasteiger partial charge in [0.25, 0.3) is 5.56 Å². The highest BCUT2D eigenvalue weighted by Gasteiger charge is 2.45. The quantitative estimate of drug-likeness (QED) is 0.346. The van der Waals surface area contributed by atoms with Crippen LogP contribution in [0, 0.1) is 5.82 Å². The number of rotatable bonds is 6. The standard InChI is InChI=1S/C33H37FN6O3/c1-2-24-26(34)8-5-20-15-23(41)16-27(28(20)24)40-14-9-25-29(31(40)42)36-32(43-19-33-10-3-12-39(33)13-4-11-33)37-30(25)38-17-21-6-7-22(18-38)35-21/h5,8-9,14-16,21-22,35,41H,2-4,6-7,10-13,17-19H2,1H3/t21-,22+/i19D2. The number of aryl methyl sites for hydroxylation is 1. The number of halogens is 1. The van der Waals surface area contributed by atoms with E-state index in [1.54, 1.807) is 24.4 Å². The van der Waals surface area contributed by atoms with Gasteiger partial charge in [-0.05, 0) is 87.2 Å². The molecule has 10 heteroatoms. The molecule has 2 aromatic heterocycles. The van der Waals surface area contributed by atoms with Crippen molar-refractivity contribution >= 4 is 27.5 Å². The Hall–Kier alpha value is -3.76. The fourth-order valence-corrected chi connectivity index (χ4v) is 7.96. The summed E-state index contributed by atoms with van der Waals surface area (Å²) >= 11 is 0. The molecule has 9 nitrogen and oxygen atoms in total. The van der Waals surface area contributed by atoms with Crippen molar-refractivity contribution in [1.82, 2.24) is 24.8 Å². The lowest BCUT2D eigenvalue weighted by Crippen LogP contribution is -2.51. The van der Waals surface area contributed by atoms with Gasteiger partial charge in [0.05, 0.1) is 19.4 Å². The molecule has 4 aliphatic heterocycles. The first-order valence-electron chi connectivity index (χ1n) is 16.5. The zero-order valence-electron chi connectivity index (χ0n) is 26.3. The van der Waals surface area contributed by atoms with Gasteiger partial charge in [-0.2, -0.15) is 9.97 Å². The number of aromatic nitrogens is 3. The molecule has 6 heterocycles. The molecule has 8 rings (SSSR count). The Morgan fingerprint density at radius 2 is 1.91 bits per heavy atom. The van der Waals surface area contributed by atoms with E-state index in [0.29, 0.717) is 77.7 Å². The van der Waals surface area contributed by atoms with E-state index in [2.05, 4.69) is 20.1 Å². The minimum absolute atomic E-state index is 0.0491. The van der Waals surface area contributed by atoms with Crippen LogP contribution in [0.1, 0.15) is 53.8 Å². The fourth-order valence-electron chi connectivity index (χ4n) is 7.96. The number of pyridine rings is 1. The molecule has 2 atom stereocenters. The Bertz CT molecular complexity index is 1880. The van der Waals surface area contributed by atoms with Crippen LogP contribution >= 0.6 is 0 Å². The number of piperazine rings is 1. The van der Waals surface area contributed by atoms with Crippen molar-refractivity contribution in [3.8, 4) is 17.4 Å². The van der Waals surface area contributed by atoms with Crippen molar-refractivity contribution in [2.24, 2.45) is 0 Å². The lowest BCUT2D eigenvalue weighted by Gasteiger charge is -2.34. The maximum Gasteiger partial charge on any atom is 0.319 e. The normalized spacial score (nSPS) is 24.0. The Morgan fingerprint density at radius 3 is 2.65 bits per heavy atom. The van der Waals surface area contributed by atoms with Gasteiger partial charge in [-0.3, -0.25) is 14.3 Å². The molecule has 4 aromatic rings. The van der Waals surface area contributed by atoms with E-state index in [4.69, 9.17) is 12.5 Å². The molecule has 0 radical (unpaired) electrons. The van der Waals surface area contributed by atoms with Crippen molar-refractivity contribution in [3.05, 3.63) is 58.3 Å². The minimum Gasteiger partial charge on any atom is -0.508 e. The molecular formula is C33H37FN6O3. The van der Waals surface area contributed by atoms with Gasteiger partial charge in [0.2, 0.25) is 0 Å². The highest BCUT2D eigenvalue weighted by molar-refractivity contribution is 5.95. The summed E-state index contributed by atoms with van der Waals surface area (Å²) in [5, 5.41) is 15.9. The van der Waals surface area contributed by atoms with E-state index in [-0.39, 0.29) is 23.1 Å². The van der Waals surface area contributed by atoms with Gasteiger partial charge in [-0.25, -0.2) is 4.39 Å². The lowest BCUT2D eigenvalue weighted by atomic mass is 9.95. The third-order valence-electron chi connectivity index (χ3n) is 9.95. The van der Waals surface area contributed by atoms with E-state index in [1.807, 2.05) is 6.92 Å². The average Bonchev–Trinajstić information content (AvgIpc) is 3.72. The van der Waals surface area contributed by atoms with E-state index < -0.39 is 17.7 Å². The average molecular weight is 587 g/mol. The number of ether oxygens (including phenoxy) is 1. The molecule has 2 N–H and O–H groups in total. The van der Waals surface area contributed by atoms with Gasteiger partial charge in [0.1, 0.15) is 29.5 Å². The number of hydrogen-bond donors (Lipinski definition) is 2. The molecule has 0 aliphatic carbocycles. The Balaban J connectivity index is 1.32. The second kappa shape index (κ2) is 10.2. The van der Waals surface area contributed by atoms with Crippen molar-refractivity contribution < 1.29 is 17.0 Å². The summed E-state index contributed by atoms with van der Waals surface area (Å²) in [5.74, 6) is 0.114. The third kappa shape index (κ3) is 4.37. The van der Waals surface area contributed by atoms with Gasteiger partial charge in [-0.15, -0.1) is 0 Å². The zero-order valence-corrected chi connectivity index (χ0v) is 24.3. The predicted octanol–water partition coefficient (Wildman–Crippen LogP) is 4.29. The Kier molecular flexibility index (Phi) is 5.83. The number of nitrogens with one attached hydrogen (secondary N) is 1. The monoisotopic (exact) mass is 586 g/mol. The molecule has 4 aliphatic rings. The highest BCUT2D eigenvalue weighted by Crippen LogP contribution is 2.39. The fraction of sp³-hybridized carbons (Fsp3) is 0.485. The number of benzene rings is 2. The van der Waals surface area contributed by atoms with Crippen LogP contribution in [0.15, 0.2) is 41.3 Å². The highest BCUT2D eigenvalue weighted by atomic mass is 19.1. The van der Waals surface area contributed by atoms with Crippen molar-refractivity contribution in [1.29, 1.82) is 0 Å². The number of phenolic OH excluding ortho intramolecular Hbond substituents is 1. The van der Waals surface area contributed by atoms with Gasteiger partial charge >= 0.3 is 6.01 Å². The van der Waals surface area contributed by atoms with Crippen molar-refractivity contribution in [2.75, 3.05) is 37.6 Å². The van der Waals surface area contributed by atoms with E-state index in [0.717, 1.165) is 38.8 Å². The number of phenols is 1. The van der Waals surface area contributed by atoms with Crippen LogP contribution in [0.2, 0.25) is 0 Å². The SMILES string of the molecule is [2H]C([2H])(Oc1nc(N2C[C@H]3CC[C@@H](C2)N3)c2ccn(-c3cc(O)cc4ccc(F)c(CC)c34)c(=O)c2n1)C12CCCN1CCC2. The predicted molar refractivity (Wildman–Crippen MR) is 164 cm³/mol. The summed E-state index contributed by atoms with van der Waals surface area (Å²) < 4.78 is 40.8. The first-order chi connectivity index (χ1) is 21.7. The molecular weight excluding hydrogens is 547 g/mol. The molecule has 43 heavy (non-hydrogen) atoms. The third-order valence-corrected chi connectivity index (χ3v) is 9.95. The van der Waals surface area contributed by atoms with Crippen LogP contribution in [0.5, 0.6) is 11.8 Å². The van der Waals surface area contributed by atoms with Crippen LogP contribution in [0.25, 0.3) is 27.4 Å². The number of aromatic hydroxyl groups is 1. The van der Waals surface area contributed by atoms with E-state index in [9.17, 15) is 14.3 Å². The number of fused-ring (bicyclic) bond motifs is 5. The second-order valence-electron chi connectivity index (χ2n) is 12.5. The van der Waals surface area contributed by atoms with Gasteiger partial charge in [0, 0.05) is 42.8 Å². The molecule has 4 fully saturated rings. The summed E-state index contributed by atoms with van der Waals surface area (Å²) in [6, 6.07) is 8.22. The number of hydrogen-bond acceptors (Lipinski definition) is 8. The molecule has 0 amide bonds. The zero-order chi connectivity index (χ0) is 31.1. The Labute approximate surface area is 252 Å². The van der Waals surface area contributed by atoms with Crippen LogP contribution in [0.3, 0.4) is 0 Å². The molecule has 0 spiro atoms. The van der Waals surface area contributed by atoms with E-state index in [1.165, 1.54) is 16.7 Å². The topological polar surface area (TPSA) is 95.8 Å².